The molecule has 4 rings (SSSR count). The molecule has 0 saturated heterocycles. The molecule has 1 aromatic carbocycles. The monoisotopic (exact) mass is 446 g/mol. The Morgan fingerprint density at radius 1 is 1.23 bits per heavy atom. The lowest BCUT2D eigenvalue weighted by atomic mass is 10.2. The first kappa shape index (κ1) is 20.2. The number of amides is 2. The summed E-state index contributed by atoms with van der Waals surface area (Å²) < 4.78 is 31.1. The van der Waals surface area contributed by atoms with Crippen molar-refractivity contribution in [1.29, 1.82) is 0 Å². The molecule has 0 aliphatic carbocycles. The van der Waals surface area contributed by atoms with Crippen molar-refractivity contribution in [1.82, 2.24) is 19.3 Å². The zero-order valence-corrected chi connectivity index (χ0v) is 17.6. The predicted molar refractivity (Wildman–Crippen MR) is 108 cm³/mol. The summed E-state index contributed by atoms with van der Waals surface area (Å²) in [5, 5.41) is 5.81. The Morgan fingerprint density at radius 2 is 2.03 bits per heavy atom. The maximum Gasteiger partial charge on any atom is 0.269 e. The van der Waals surface area contributed by atoms with Crippen LogP contribution in [0.3, 0.4) is 0 Å². The van der Waals surface area contributed by atoms with Crippen LogP contribution in [0.2, 0.25) is 0 Å². The van der Waals surface area contributed by atoms with Crippen molar-refractivity contribution in [2.45, 2.75) is 24.3 Å². The Bertz CT molecular complexity index is 1190. The largest absolute Gasteiger partial charge is 0.337 e. The van der Waals surface area contributed by atoms with E-state index in [4.69, 9.17) is 4.52 Å². The van der Waals surface area contributed by atoms with Gasteiger partial charge in [0.25, 0.3) is 15.9 Å². The van der Waals surface area contributed by atoms with E-state index >= 15 is 0 Å². The molecular weight excluding hydrogens is 428 g/mol. The number of rotatable bonds is 7. The minimum absolute atomic E-state index is 0.0105. The van der Waals surface area contributed by atoms with E-state index in [0.29, 0.717) is 11.7 Å². The predicted octanol–water partition coefficient (Wildman–Crippen LogP) is 2.38. The van der Waals surface area contributed by atoms with E-state index < -0.39 is 15.9 Å². The van der Waals surface area contributed by atoms with Crippen molar-refractivity contribution in [2.24, 2.45) is 0 Å². The fourth-order valence-corrected chi connectivity index (χ4v) is 5.39. The Morgan fingerprint density at radius 3 is 2.77 bits per heavy atom. The second kappa shape index (κ2) is 8.00. The Labute approximate surface area is 177 Å². The smallest absolute Gasteiger partial charge is 0.269 e. The van der Waals surface area contributed by atoms with Crippen LogP contribution < -0.4 is 0 Å². The molecule has 1 aliphatic heterocycles. The van der Waals surface area contributed by atoms with Crippen LogP contribution in [0.15, 0.2) is 51.2 Å². The van der Waals surface area contributed by atoms with Gasteiger partial charge in [-0.05, 0) is 30.0 Å². The van der Waals surface area contributed by atoms with Crippen LogP contribution in [0.1, 0.15) is 29.1 Å². The van der Waals surface area contributed by atoms with E-state index in [1.54, 1.807) is 19.2 Å². The second-order valence-electron chi connectivity index (χ2n) is 6.72. The first-order valence-electron chi connectivity index (χ1n) is 9.14. The average Bonchev–Trinajstić information content (AvgIpc) is 3.45. The average molecular weight is 447 g/mol. The van der Waals surface area contributed by atoms with Crippen molar-refractivity contribution in [3.63, 3.8) is 0 Å². The number of sulfonamides is 1. The molecule has 3 heterocycles. The summed E-state index contributed by atoms with van der Waals surface area (Å²) >= 11 is 1.49. The van der Waals surface area contributed by atoms with Gasteiger partial charge in [-0.25, -0.2) is 12.7 Å². The summed E-state index contributed by atoms with van der Waals surface area (Å²) in [5.74, 6) is 0.00553. The van der Waals surface area contributed by atoms with Gasteiger partial charge in [-0.3, -0.25) is 9.59 Å². The number of benzene rings is 1. The summed E-state index contributed by atoms with van der Waals surface area (Å²) in [6.07, 6.45) is 0.296. The first-order chi connectivity index (χ1) is 14.4. The molecule has 156 valence electrons. The number of aromatic nitrogens is 2. The Balaban J connectivity index is 1.31. The second-order valence-corrected chi connectivity index (χ2v) is 9.50. The molecule has 0 unspecified atom stereocenters. The topological polar surface area (TPSA) is 114 Å². The Hall–Kier alpha value is -3.05. The van der Waals surface area contributed by atoms with Gasteiger partial charge in [0.2, 0.25) is 17.6 Å². The van der Waals surface area contributed by atoms with Crippen molar-refractivity contribution in [3.8, 4) is 10.7 Å². The van der Waals surface area contributed by atoms with Crippen LogP contribution in [0, 0.1) is 0 Å². The highest BCUT2D eigenvalue weighted by molar-refractivity contribution is 7.90. The van der Waals surface area contributed by atoms with Crippen LogP contribution in [-0.4, -0.2) is 53.2 Å². The molecule has 0 atom stereocenters. The zero-order valence-electron chi connectivity index (χ0n) is 16.0. The third kappa shape index (κ3) is 3.73. The normalized spacial score (nSPS) is 14.7. The molecule has 3 aromatic rings. The zero-order chi connectivity index (χ0) is 21.3. The van der Waals surface area contributed by atoms with Gasteiger partial charge in [-0.1, -0.05) is 23.4 Å². The SMILES string of the molecule is CN(Cc1nc(-c2cccs2)no1)C(=O)CCCN1C(=O)c2ccccc2S1(=O)=O. The molecule has 1 aliphatic rings. The van der Waals surface area contributed by atoms with Gasteiger partial charge >= 0.3 is 0 Å². The van der Waals surface area contributed by atoms with Crippen molar-refractivity contribution in [2.75, 3.05) is 13.6 Å². The minimum Gasteiger partial charge on any atom is -0.337 e. The van der Waals surface area contributed by atoms with E-state index in [1.807, 2.05) is 17.5 Å². The highest BCUT2D eigenvalue weighted by atomic mass is 32.2. The van der Waals surface area contributed by atoms with Gasteiger partial charge in [0.15, 0.2) is 0 Å². The molecular formula is C19H18N4O5S2. The molecule has 2 aromatic heterocycles. The van der Waals surface area contributed by atoms with Crippen LogP contribution in [-0.2, 0) is 21.4 Å². The molecule has 0 N–H and O–H groups in total. The summed E-state index contributed by atoms with van der Waals surface area (Å²) in [5.41, 5.74) is 0.166. The number of nitrogens with zero attached hydrogens (tertiary/aromatic N) is 4. The van der Waals surface area contributed by atoms with E-state index in [1.165, 1.54) is 28.4 Å². The van der Waals surface area contributed by atoms with Gasteiger partial charge in [-0.2, -0.15) is 4.98 Å². The lowest BCUT2D eigenvalue weighted by molar-refractivity contribution is -0.130. The standard InChI is InChI=1S/C19H18N4O5S2/c1-22(12-16-20-18(21-28-16)14-7-5-11-29-14)17(24)9-4-10-23-19(25)13-6-2-3-8-15(13)30(23,26)27/h2-3,5-8,11H,4,9-10,12H2,1H3. The molecule has 30 heavy (non-hydrogen) atoms. The molecule has 0 fully saturated rings. The van der Waals surface area contributed by atoms with E-state index in [-0.39, 0.29) is 42.3 Å². The fourth-order valence-electron chi connectivity index (χ4n) is 3.13. The lowest BCUT2D eigenvalue weighted by Crippen LogP contribution is -2.32. The van der Waals surface area contributed by atoms with Gasteiger partial charge in [0.05, 0.1) is 17.0 Å². The number of carbonyl (C=O) groups is 2. The van der Waals surface area contributed by atoms with Crippen molar-refractivity contribution < 1.29 is 22.5 Å². The minimum atomic E-state index is -3.85. The fraction of sp³-hybridized carbons (Fsp3) is 0.263. The summed E-state index contributed by atoms with van der Waals surface area (Å²) in [7, 11) is -2.25. The number of carbonyl (C=O) groups excluding carboxylic acids is 2. The summed E-state index contributed by atoms with van der Waals surface area (Å²) in [6.45, 7) is 0.0854. The molecule has 2 amide bonds. The van der Waals surface area contributed by atoms with Gasteiger partial charge in [0, 0.05) is 20.0 Å². The number of thiophene rings is 1. The lowest BCUT2D eigenvalue weighted by Gasteiger charge is -2.17. The van der Waals surface area contributed by atoms with E-state index in [9.17, 15) is 18.0 Å². The molecule has 0 radical (unpaired) electrons. The highest BCUT2D eigenvalue weighted by Crippen LogP contribution is 2.30. The molecule has 9 nitrogen and oxygen atoms in total. The van der Waals surface area contributed by atoms with Crippen LogP contribution in [0.25, 0.3) is 10.7 Å². The summed E-state index contributed by atoms with van der Waals surface area (Å²) in [6, 6.07) is 9.86. The molecule has 0 spiro atoms. The van der Waals surface area contributed by atoms with Crippen LogP contribution in [0.4, 0.5) is 0 Å². The quantitative estimate of drug-likeness (QED) is 0.547. The first-order valence-corrected chi connectivity index (χ1v) is 11.5. The van der Waals surface area contributed by atoms with Crippen LogP contribution >= 0.6 is 11.3 Å². The van der Waals surface area contributed by atoms with Crippen molar-refractivity contribution >= 4 is 33.2 Å². The molecule has 0 bridgehead atoms. The van der Waals surface area contributed by atoms with Crippen LogP contribution in [0.5, 0.6) is 0 Å². The number of hydrogen-bond donors (Lipinski definition) is 0. The van der Waals surface area contributed by atoms with Gasteiger partial charge in [-0.15, -0.1) is 11.3 Å². The van der Waals surface area contributed by atoms with E-state index in [2.05, 4.69) is 10.1 Å². The summed E-state index contributed by atoms with van der Waals surface area (Å²) in [4.78, 5) is 31.4. The maximum absolute atomic E-state index is 12.5. The number of hydrogen-bond acceptors (Lipinski definition) is 8. The maximum atomic E-state index is 12.5. The highest BCUT2D eigenvalue weighted by Gasteiger charge is 2.40. The third-order valence-electron chi connectivity index (χ3n) is 4.67. The third-order valence-corrected chi connectivity index (χ3v) is 7.38. The number of fused-ring (bicyclic) bond motifs is 1. The molecule has 11 heteroatoms. The Kier molecular flexibility index (Phi) is 5.39. The van der Waals surface area contributed by atoms with Gasteiger partial charge in [0.1, 0.15) is 4.90 Å². The van der Waals surface area contributed by atoms with E-state index in [0.717, 1.165) is 9.18 Å². The van der Waals surface area contributed by atoms with Gasteiger partial charge < -0.3 is 9.42 Å². The van der Waals surface area contributed by atoms with Crippen molar-refractivity contribution in [3.05, 3.63) is 53.2 Å². The molecule has 0 saturated carbocycles.